The van der Waals surface area contributed by atoms with Crippen molar-refractivity contribution in [3.8, 4) is 5.75 Å². The number of ether oxygens (including phenoxy) is 1. The highest BCUT2D eigenvalue weighted by molar-refractivity contribution is 6.53. The van der Waals surface area contributed by atoms with E-state index in [-0.39, 0.29) is 5.69 Å². The van der Waals surface area contributed by atoms with E-state index < -0.39 is 17.8 Å². The molecule has 17 heavy (non-hydrogen) atoms. The van der Waals surface area contributed by atoms with Crippen LogP contribution in [0.4, 0.5) is 10.5 Å². The second kappa shape index (κ2) is 4.25. The summed E-state index contributed by atoms with van der Waals surface area (Å²) in [6, 6.07) is 5.78. The monoisotopic (exact) mass is 234 g/mol. The van der Waals surface area contributed by atoms with Crippen molar-refractivity contribution in [3.63, 3.8) is 0 Å². The summed E-state index contributed by atoms with van der Waals surface area (Å²) in [5, 5.41) is 1.93. The lowest BCUT2D eigenvalue weighted by Gasteiger charge is -2.15. The Kier molecular flexibility index (Phi) is 2.78. The first-order valence-corrected chi connectivity index (χ1v) is 5.06. The number of imide groups is 2. The highest BCUT2D eigenvalue weighted by Gasteiger charge is 2.39. The Labute approximate surface area is 97.2 Å². The summed E-state index contributed by atoms with van der Waals surface area (Å²) >= 11 is 0. The molecule has 4 amide bonds. The van der Waals surface area contributed by atoms with Crippen LogP contribution in [0.3, 0.4) is 0 Å². The molecule has 6 nitrogen and oxygen atoms in total. The fourth-order valence-electron chi connectivity index (χ4n) is 1.54. The number of hydrogen-bond acceptors (Lipinski definition) is 4. The predicted molar refractivity (Wildman–Crippen MR) is 58.6 cm³/mol. The van der Waals surface area contributed by atoms with E-state index in [2.05, 4.69) is 0 Å². The number of para-hydroxylation sites is 2. The topological polar surface area (TPSA) is 75.7 Å². The zero-order valence-electron chi connectivity index (χ0n) is 9.10. The zero-order chi connectivity index (χ0) is 12.4. The Hall–Kier alpha value is -2.37. The Morgan fingerprint density at radius 3 is 2.53 bits per heavy atom. The number of carbonyl (C=O) groups is 3. The van der Waals surface area contributed by atoms with Crippen LogP contribution in [-0.2, 0) is 9.59 Å². The Morgan fingerprint density at radius 2 is 1.94 bits per heavy atom. The van der Waals surface area contributed by atoms with E-state index >= 15 is 0 Å². The molecule has 0 spiro atoms. The summed E-state index contributed by atoms with van der Waals surface area (Å²) < 4.78 is 5.30. The van der Waals surface area contributed by atoms with Gasteiger partial charge in [-0.3, -0.25) is 14.9 Å². The number of nitrogens with one attached hydrogen (secondary N) is 1. The Morgan fingerprint density at radius 1 is 1.24 bits per heavy atom. The highest BCUT2D eigenvalue weighted by atomic mass is 16.5. The third-order valence-corrected chi connectivity index (χ3v) is 2.23. The van der Waals surface area contributed by atoms with Gasteiger partial charge in [0.2, 0.25) is 0 Å². The van der Waals surface area contributed by atoms with Crippen LogP contribution in [0.5, 0.6) is 5.75 Å². The molecule has 1 fully saturated rings. The second-order valence-electron chi connectivity index (χ2n) is 3.30. The first kappa shape index (κ1) is 11.1. The van der Waals surface area contributed by atoms with Crippen molar-refractivity contribution in [2.24, 2.45) is 0 Å². The zero-order valence-corrected chi connectivity index (χ0v) is 9.10. The number of rotatable bonds is 3. The normalized spacial score (nSPS) is 15.1. The van der Waals surface area contributed by atoms with Gasteiger partial charge < -0.3 is 4.74 Å². The van der Waals surface area contributed by atoms with Crippen LogP contribution in [0.25, 0.3) is 0 Å². The van der Waals surface area contributed by atoms with E-state index in [1.165, 1.54) is 0 Å². The second-order valence-corrected chi connectivity index (χ2v) is 3.30. The molecule has 1 N–H and O–H groups in total. The van der Waals surface area contributed by atoms with Gasteiger partial charge in [0.05, 0.1) is 12.3 Å². The van der Waals surface area contributed by atoms with E-state index in [9.17, 15) is 14.4 Å². The fourth-order valence-corrected chi connectivity index (χ4v) is 1.54. The molecule has 0 bridgehead atoms. The predicted octanol–water partition coefficient (Wildman–Crippen LogP) is 0.668. The first-order valence-electron chi connectivity index (χ1n) is 5.06. The number of hydrogen-bond donors (Lipinski definition) is 1. The molecule has 88 valence electrons. The minimum absolute atomic E-state index is 0.266. The lowest BCUT2D eigenvalue weighted by Crippen LogP contribution is -2.31. The average molecular weight is 234 g/mol. The molecule has 0 unspecified atom stereocenters. The summed E-state index contributed by atoms with van der Waals surface area (Å²) in [6.07, 6.45) is 0. The smallest absolute Gasteiger partial charge is 0.336 e. The molecule has 6 heteroatoms. The standard InChI is InChI=1S/C11H10N2O4/c1-2-17-8-6-4-3-5-7(8)13-10(15)9(14)12-11(13)16/h3-6H,2H2,1H3,(H,12,14,16). The van der Waals surface area contributed by atoms with Crippen molar-refractivity contribution in [2.75, 3.05) is 11.5 Å². The Bertz CT molecular complexity index is 498. The summed E-state index contributed by atoms with van der Waals surface area (Å²) in [6.45, 7) is 2.18. The molecular weight excluding hydrogens is 224 g/mol. The average Bonchev–Trinajstić information content (AvgIpc) is 2.55. The molecule has 0 saturated carbocycles. The van der Waals surface area contributed by atoms with Crippen molar-refractivity contribution in [1.29, 1.82) is 0 Å². The van der Waals surface area contributed by atoms with Crippen LogP contribution in [0, 0.1) is 0 Å². The molecular formula is C11H10N2O4. The van der Waals surface area contributed by atoms with Crippen molar-refractivity contribution in [1.82, 2.24) is 5.32 Å². The third kappa shape index (κ3) is 1.84. The number of amides is 4. The van der Waals surface area contributed by atoms with Crippen molar-refractivity contribution >= 4 is 23.5 Å². The number of nitrogens with zero attached hydrogens (tertiary/aromatic N) is 1. The third-order valence-electron chi connectivity index (χ3n) is 2.23. The maximum absolute atomic E-state index is 11.5. The van der Waals surface area contributed by atoms with Crippen LogP contribution in [0.2, 0.25) is 0 Å². The van der Waals surface area contributed by atoms with Gasteiger partial charge in [0.15, 0.2) is 0 Å². The Balaban J connectivity index is 2.43. The molecule has 1 aliphatic rings. The van der Waals surface area contributed by atoms with Crippen molar-refractivity contribution in [3.05, 3.63) is 24.3 Å². The van der Waals surface area contributed by atoms with Crippen molar-refractivity contribution in [2.45, 2.75) is 6.92 Å². The summed E-state index contributed by atoms with van der Waals surface area (Å²) in [5.74, 6) is -1.45. The molecule has 1 heterocycles. The maximum atomic E-state index is 11.5. The van der Waals surface area contributed by atoms with Gasteiger partial charge in [-0.15, -0.1) is 0 Å². The number of anilines is 1. The van der Waals surface area contributed by atoms with Crippen LogP contribution >= 0.6 is 0 Å². The first-order chi connectivity index (χ1) is 8.15. The summed E-state index contributed by atoms with van der Waals surface area (Å²) in [7, 11) is 0. The van der Waals surface area contributed by atoms with E-state index in [0.29, 0.717) is 12.4 Å². The fraction of sp³-hybridized carbons (Fsp3) is 0.182. The molecule has 0 aromatic heterocycles. The largest absolute Gasteiger partial charge is 0.492 e. The molecule has 2 rings (SSSR count). The van der Waals surface area contributed by atoms with Gasteiger partial charge in [-0.2, -0.15) is 0 Å². The van der Waals surface area contributed by atoms with E-state index in [1.807, 2.05) is 5.32 Å². The quantitative estimate of drug-likeness (QED) is 0.616. The minimum Gasteiger partial charge on any atom is -0.492 e. The van der Waals surface area contributed by atoms with Crippen LogP contribution < -0.4 is 15.0 Å². The molecule has 0 radical (unpaired) electrons. The SMILES string of the molecule is CCOc1ccccc1N1C(=O)NC(=O)C1=O. The molecule has 1 aliphatic heterocycles. The van der Waals surface area contributed by atoms with E-state index in [4.69, 9.17) is 4.74 Å². The molecule has 0 atom stereocenters. The minimum atomic E-state index is -0.929. The van der Waals surface area contributed by atoms with Crippen LogP contribution in [0.15, 0.2) is 24.3 Å². The van der Waals surface area contributed by atoms with Gasteiger partial charge in [-0.1, -0.05) is 12.1 Å². The number of benzene rings is 1. The van der Waals surface area contributed by atoms with Gasteiger partial charge in [0.1, 0.15) is 5.75 Å². The van der Waals surface area contributed by atoms with Gasteiger partial charge in [0, 0.05) is 0 Å². The highest BCUT2D eigenvalue weighted by Crippen LogP contribution is 2.29. The molecule has 1 aromatic carbocycles. The van der Waals surface area contributed by atoms with Gasteiger partial charge in [-0.05, 0) is 19.1 Å². The van der Waals surface area contributed by atoms with Gasteiger partial charge in [0.25, 0.3) is 0 Å². The maximum Gasteiger partial charge on any atom is 0.336 e. The van der Waals surface area contributed by atoms with E-state index in [0.717, 1.165) is 4.90 Å². The molecule has 1 saturated heterocycles. The van der Waals surface area contributed by atoms with Gasteiger partial charge in [-0.25, -0.2) is 9.69 Å². The number of carbonyl (C=O) groups excluding carboxylic acids is 3. The lowest BCUT2D eigenvalue weighted by molar-refractivity contribution is -0.134. The van der Waals surface area contributed by atoms with Crippen LogP contribution in [0.1, 0.15) is 6.92 Å². The summed E-state index contributed by atoms with van der Waals surface area (Å²) in [5.41, 5.74) is 0.266. The van der Waals surface area contributed by atoms with Crippen LogP contribution in [-0.4, -0.2) is 24.5 Å². The van der Waals surface area contributed by atoms with E-state index in [1.54, 1.807) is 31.2 Å². The summed E-state index contributed by atoms with van der Waals surface area (Å²) in [4.78, 5) is 34.8. The molecule has 0 aliphatic carbocycles. The molecule has 1 aromatic rings. The lowest BCUT2D eigenvalue weighted by atomic mass is 10.2. The van der Waals surface area contributed by atoms with Gasteiger partial charge >= 0.3 is 17.8 Å². The number of urea groups is 1. The van der Waals surface area contributed by atoms with Crippen molar-refractivity contribution < 1.29 is 19.1 Å².